The van der Waals surface area contributed by atoms with Crippen LogP contribution in [0.5, 0.6) is 5.75 Å². The summed E-state index contributed by atoms with van der Waals surface area (Å²) in [6, 6.07) is 3.77. The lowest BCUT2D eigenvalue weighted by Gasteiger charge is -2.07. The molecule has 0 spiro atoms. The molecular weight excluding hydrogens is 211 g/mol. The van der Waals surface area contributed by atoms with Gasteiger partial charge in [-0.3, -0.25) is 4.79 Å². The number of rotatable bonds is 5. The molecule has 0 saturated heterocycles. The Morgan fingerprint density at radius 1 is 1.44 bits per heavy atom. The van der Waals surface area contributed by atoms with Crippen molar-refractivity contribution < 1.29 is 14.3 Å². The Bertz CT molecular complexity index is 349. The second-order valence-electron chi connectivity index (χ2n) is 3.24. The SMILES string of the molecule is CCNCCNC(=O)c1c(O)cccc1F. The van der Waals surface area contributed by atoms with Gasteiger partial charge < -0.3 is 15.7 Å². The first-order valence-electron chi connectivity index (χ1n) is 5.13. The van der Waals surface area contributed by atoms with Gasteiger partial charge >= 0.3 is 0 Å². The fourth-order valence-electron chi connectivity index (χ4n) is 1.27. The van der Waals surface area contributed by atoms with E-state index in [4.69, 9.17) is 0 Å². The maximum atomic E-state index is 13.2. The second-order valence-corrected chi connectivity index (χ2v) is 3.24. The van der Waals surface area contributed by atoms with E-state index in [9.17, 15) is 14.3 Å². The second kappa shape index (κ2) is 6.07. The molecule has 16 heavy (non-hydrogen) atoms. The van der Waals surface area contributed by atoms with Crippen molar-refractivity contribution in [2.24, 2.45) is 0 Å². The lowest BCUT2D eigenvalue weighted by atomic mass is 10.1. The Morgan fingerprint density at radius 2 is 2.19 bits per heavy atom. The van der Waals surface area contributed by atoms with Gasteiger partial charge in [0.1, 0.15) is 17.1 Å². The van der Waals surface area contributed by atoms with E-state index in [0.717, 1.165) is 12.6 Å². The predicted molar refractivity (Wildman–Crippen MR) is 58.9 cm³/mol. The van der Waals surface area contributed by atoms with Crippen LogP contribution < -0.4 is 10.6 Å². The highest BCUT2D eigenvalue weighted by atomic mass is 19.1. The minimum Gasteiger partial charge on any atom is -0.507 e. The van der Waals surface area contributed by atoms with Gasteiger partial charge in [0.05, 0.1) is 0 Å². The van der Waals surface area contributed by atoms with Crippen LogP contribution in [0.4, 0.5) is 4.39 Å². The molecule has 4 nitrogen and oxygen atoms in total. The molecule has 1 aromatic carbocycles. The number of halogens is 1. The number of nitrogens with one attached hydrogen (secondary N) is 2. The van der Waals surface area contributed by atoms with Crippen LogP contribution >= 0.6 is 0 Å². The first-order chi connectivity index (χ1) is 7.66. The van der Waals surface area contributed by atoms with Crippen LogP contribution in [0.1, 0.15) is 17.3 Å². The van der Waals surface area contributed by atoms with Crippen molar-refractivity contribution in [1.29, 1.82) is 0 Å². The Balaban J connectivity index is 2.59. The summed E-state index contributed by atoms with van der Waals surface area (Å²) in [5, 5.41) is 14.9. The van der Waals surface area contributed by atoms with E-state index in [1.165, 1.54) is 12.1 Å². The standard InChI is InChI=1S/C11H15FN2O2/c1-2-13-6-7-14-11(16)10-8(12)4-3-5-9(10)15/h3-5,13,15H,2,6-7H2,1H3,(H,14,16). The number of hydrogen-bond donors (Lipinski definition) is 3. The van der Waals surface area contributed by atoms with E-state index in [0.29, 0.717) is 13.1 Å². The number of phenolic OH excluding ortho intramolecular Hbond substituents is 1. The molecule has 0 aliphatic carbocycles. The molecule has 0 bridgehead atoms. The molecule has 3 N–H and O–H groups in total. The molecular formula is C11H15FN2O2. The lowest BCUT2D eigenvalue weighted by molar-refractivity contribution is 0.0947. The van der Waals surface area contributed by atoms with Crippen LogP contribution in [0.2, 0.25) is 0 Å². The van der Waals surface area contributed by atoms with Crippen molar-refractivity contribution in [3.63, 3.8) is 0 Å². The van der Waals surface area contributed by atoms with Crippen molar-refractivity contribution in [2.45, 2.75) is 6.92 Å². The normalized spacial score (nSPS) is 10.1. The highest BCUT2D eigenvalue weighted by molar-refractivity contribution is 5.97. The van der Waals surface area contributed by atoms with Crippen molar-refractivity contribution in [1.82, 2.24) is 10.6 Å². The Kier molecular flexibility index (Phi) is 4.72. The number of aromatic hydroxyl groups is 1. The third-order valence-electron chi connectivity index (χ3n) is 2.06. The number of carbonyl (C=O) groups is 1. The van der Waals surface area contributed by atoms with E-state index in [1.807, 2.05) is 6.92 Å². The fraction of sp³-hybridized carbons (Fsp3) is 0.364. The summed E-state index contributed by atoms with van der Waals surface area (Å²) in [6.07, 6.45) is 0. The topological polar surface area (TPSA) is 61.4 Å². The summed E-state index contributed by atoms with van der Waals surface area (Å²) in [7, 11) is 0. The Morgan fingerprint density at radius 3 is 2.81 bits per heavy atom. The molecule has 0 aliphatic heterocycles. The maximum absolute atomic E-state index is 13.2. The Labute approximate surface area is 93.5 Å². The maximum Gasteiger partial charge on any atom is 0.258 e. The third-order valence-corrected chi connectivity index (χ3v) is 2.06. The molecule has 5 heteroatoms. The highest BCUT2D eigenvalue weighted by Crippen LogP contribution is 2.19. The third kappa shape index (κ3) is 3.20. The summed E-state index contributed by atoms with van der Waals surface area (Å²) in [5.74, 6) is -1.67. The molecule has 0 fully saturated rings. The van der Waals surface area contributed by atoms with Gasteiger partial charge in [0.2, 0.25) is 0 Å². The summed E-state index contributed by atoms with van der Waals surface area (Å²) in [4.78, 5) is 11.5. The minimum absolute atomic E-state index is 0.306. The first-order valence-corrected chi connectivity index (χ1v) is 5.13. The van der Waals surface area contributed by atoms with Crippen LogP contribution in [0.15, 0.2) is 18.2 Å². The summed E-state index contributed by atoms with van der Waals surface area (Å²) in [5.41, 5.74) is -0.306. The molecule has 1 amide bonds. The average Bonchev–Trinajstić information content (AvgIpc) is 2.24. The van der Waals surface area contributed by atoms with Gasteiger partial charge in [-0.05, 0) is 18.7 Å². The zero-order valence-corrected chi connectivity index (χ0v) is 9.09. The minimum atomic E-state index is -0.721. The summed E-state index contributed by atoms with van der Waals surface area (Å²) < 4.78 is 13.2. The molecule has 1 rings (SSSR count). The molecule has 0 unspecified atom stereocenters. The van der Waals surface area contributed by atoms with E-state index < -0.39 is 11.7 Å². The number of carbonyl (C=O) groups excluding carboxylic acids is 1. The van der Waals surface area contributed by atoms with Gasteiger partial charge in [-0.15, -0.1) is 0 Å². The molecule has 0 heterocycles. The Hall–Kier alpha value is -1.62. The molecule has 0 aromatic heterocycles. The fourth-order valence-corrected chi connectivity index (χ4v) is 1.27. The van der Waals surface area contributed by atoms with E-state index in [2.05, 4.69) is 10.6 Å². The number of amides is 1. The van der Waals surface area contributed by atoms with Crippen molar-refractivity contribution in [3.8, 4) is 5.75 Å². The average molecular weight is 226 g/mol. The molecule has 0 radical (unpaired) electrons. The van der Waals surface area contributed by atoms with Crippen LogP contribution in [-0.2, 0) is 0 Å². The van der Waals surface area contributed by atoms with Gasteiger partial charge in [0.15, 0.2) is 0 Å². The molecule has 0 saturated carbocycles. The van der Waals surface area contributed by atoms with Crippen molar-refractivity contribution >= 4 is 5.91 Å². The monoisotopic (exact) mass is 226 g/mol. The highest BCUT2D eigenvalue weighted by Gasteiger charge is 2.15. The number of likely N-dealkylation sites (N-methyl/N-ethyl adjacent to an activating group) is 1. The molecule has 0 atom stereocenters. The number of phenols is 1. The van der Waals surface area contributed by atoms with Gasteiger partial charge in [-0.1, -0.05) is 13.0 Å². The van der Waals surface area contributed by atoms with Crippen LogP contribution in [0, 0.1) is 5.82 Å². The van der Waals surface area contributed by atoms with Gasteiger partial charge in [-0.25, -0.2) is 4.39 Å². The predicted octanol–water partition coefficient (Wildman–Crippen LogP) is 0.871. The van der Waals surface area contributed by atoms with Crippen LogP contribution in [-0.4, -0.2) is 30.6 Å². The zero-order chi connectivity index (χ0) is 12.0. The summed E-state index contributed by atoms with van der Waals surface area (Å²) in [6.45, 7) is 3.75. The summed E-state index contributed by atoms with van der Waals surface area (Å²) >= 11 is 0. The molecule has 1 aromatic rings. The van der Waals surface area contributed by atoms with Crippen LogP contribution in [0.25, 0.3) is 0 Å². The number of benzene rings is 1. The molecule has 88 valence electrons. The van der Waals surface area contributed by atoms with Crippen molar-refractivity contribution in [2.75, 3.05) is 19.6 Å². The number of hydrogen-bond acceptors (Lipinski definition) is 3. The zero-order valence-electron chi connectivity index (χ0n) is 9.09. The lowest BCUT2D eigenvalue weighted by Crippen LogP contribution is -2.32. The molecule has 0 aliphatic rings. The first kappa shape index (κ1) is 12.4. The van der Waals surface area contributed by atoms with Crippen molar-refractivity contribution in [3.05, 3.63) is 29.6 Å². The van der Waals surface area contributed by atoms with Gasteiger partial charge in [0, 0.05) is 13.1 Å². The quantitative estimate of drug-likeness (QED) is 0.653. The van der Waals surface area contributed by atoms with Gasteiger partial charge in [-0.2, -0.15) is 0 Å². The van der Waals surface area contributed by atoms with E-state index >= 15 is 0 Å². The van der Waals surface area contributed by atoms with Gasteiger partial charge in [0.25, 0.3) is 5.91 Å². The van der Waals surface area contributed by atoms with Crippen LogP contribution in [0.3, 0.4) is 0 Å². The largest absolute Gasteiger partial charge is 0.507 e. The smallest absolute Gasteiger partial charge is 0.258 e. The van der Waals surface area contributed by atoms with E-state index in [1.54, 1.807) is 0 Å². The van der Waals surface area contributed by atoms with E-state index in [-0.39, 0.29) is 11.3 Å².